The lowest BCUT2D eigenvalue weighted by atomic mass is 10.4. The second-order valence-corrected chi connectivity index (χ2v) is 2.29. The molecule has 0 saturated heterocycles. The molecule has 1 rings (SSSR count). The first-order valence-corrected chi connectivity index (χ1v) is 3.16. The van der Waals surface area contributed by atoms with E-state index in [2.05, 4.69) is 17.3 Å². The number of amides is 1. The molecule has 0 radical (unpaired) electrons. The van der Waals surface area contributed by atoms with E-state index >= 15 is 0 Å². The number of hydrogen-bond donors (Lipinski definition) is 2. The molecule has 0 atom stereocenters. The molecule has 0 spiro atoms. The monoisotopic (exact) mass is 170 g/mol. The van der Waals surface area contributed by atoms with Crippen molar-refractivity contribution < 1.29 is 4.79 Å². The first kappa shape index (κ1) is 7.67. The van der Waals surface area contributed by atoms with Crippen LogP contribution in [0.2, 0.25) is 0 Å². The summed E-state index contributed by atoms with van der Waals surface area (Å²) >= 11 is 4.59. The van der Waals surface area contributed by atoms with Gasteiger partial charge in [0.05, 0.1) is 11.8 Å². The van der Waals surface area contributed by atoms with Crippen LogP contribution in [0.25, 0.3) is 0 Å². The van der Waals surface area contributed by atoms with Crippen molar-refractivity contribution in [2.75, 3.05) is 0 Å². The molecule has 11 heavy (non-hydrogen) atoms. The van der Waals surface area contributed by atoms with Gasteiger partial charge < -0.3 is 11.5 Å². The number of nitrogens with zero attached hydrogens (tertiary/aromatic N) is 2. The van der Waals surface area contributed by atoms with Crippen molar-refractivity contribution in [1.82, 2.24) is 9.78 Å². The topological polar surface area (TPSA) is 86.9 Å². The predicted molar refractivity (Wildman–Crippen MR) is 42.9 cm³/mol. The average molecular weight is 170 g/mol. The second-order valence-electron chi connectivity index (χ2n) is 1.88. The van der Waals surface area contributed by atoms with Crippen molar-refractivity contribution in [2.45, 2.75) is 0 Å². The van der Waals surface area contributed by atoms with Gasteiger partial charge in [-0.05, 0) is 12.2 Å². The van der Waals surface area contributed by atoms with Crippen molar-refractivity contribution in [1.29, 1.82) is 0 Å². The van der Waals surface area contributed by atoms with E-state index in [-0.39, 0.29) is 10.7 Å². The van der Waals surface area contributed by atoms with Gasteiger partial charge in [0.15, 0.2) is 5.11 Å². The molecule has 1 aromatic rings. The second kappa shape index (κ2) is 2.67. The summed E-state index contributed by atoms with van der Waals surface area (Å²) in [5, 5.41) is 3.77. The molecule has 0 aliphatic heterocycles. The Balaban J connectivity index is 2.99. The molecular weight excluding hydrogens is 164 g/mol. The van der Waals surface area contributed by atoms with Crippen LogP contribution in [0.5, 0.6) is 0 Å². The Hall–Kier alpha value is -1.43. The zero-order valence-corrected chi connectivity index (χ0v) is 6.34. The average Bonchev–Trinajstić information content (AvgIpc) is 2.33. The van der Waals surface area contributed by atoms with Crippen LogP contribution >= 0.6 is 12.2 Å². The SMILES string of the molecule is NC(=O)c1cnn(C(N)=S)c1. The summed E-state index contributed by atoms with van der Waals surface area (Å²) < 4.78 is 1.20. The molecule has 0 saturated carbocycles. The standard InChI is InChI=1S/C5H6N4OS/c6-4(10)3-1-8-9(2-3)5(7)11/h1-2H,(H2,6,10)(H2,7,11). The van der Waals surface area contributed by atoms with Gasteiger partial charge in [-0.25, -0.2) is 4.68 Å². The van der Waals surface area contributed by atoms with Crippen LogP contribution in [-0.4, -0.2) is 20.8 Å². The van der Waals surface area contributed by atoms with Crippen LogP contribution in [0.3, 0.4) is 0 Å². The zero-order valence-electron chi connectivity index (χ0n) is 5.52. The molecule has 0 unspecified atom stereocenters. The first-order valence-electron chi connectivity index (χ1n) is 2.75. The van der Waals surface area contributed by atoms with E-state index in [1.54, 1.807) is 0 Å². The molecule has 5 nitrogen and oxygen atoms in total. The van der Waals surface area contributed by atoms with E-state index in [9.17, 15) is 4.79 Å². The first-order chi connectivity index (χ1) is 5.11. The smallest absolute Gasteiger partial charge is 0.251 e. The molecule has 1 amide bonds. The van der Waals surface area contributed by atoms with E-state index in [4.69, 9.17) is 11.5 Å². The van der Waals surface area contributed by atoms with Crippen molar-refractivity contribution in [3.05, 3.63) is 18.0 Å². The van der Waals surface area contributed by atoms with Crippen LogP contribution < -0.4 is 11.5 Å². The Morgan fingerprint density at radius 3 is 2.55 bits per heavy atom. The van der Waals surface area contributed by atoms with Gasteiger partial charge in [-0.15, -0.1) is 0 Å². The number of carbonyl (C=O) groups excluding carboxylic acids is 1. The normalized spacial score (nSPS) is 9.45. The van der Waals surface area contributed by atoms with Crippen molar-refractivity contribution in [2.24, 2.45) is 11.5 Å². The summed E-state index contributed by atoms with van der Waals surface area (Å²) in [4.78, 5) is 10.5. The van der Waals surface area contributed by atoms with E-state index in [0.717, 1.165) is 0 Å². The van der Waals surface area contributed by atoms with Gasteiger partial charge in [0, 0.05) is 6.20 Å². The maximum Gasteiger partial charge on any atom is 0.251 e. The maximum atomic E-state index is 10.5. The highest BCUT2D eigenvalue weighted by atomic mass is 32.1. The molecule has 58 valence electrons. The Labute approximate surface area is 68.0 Å². The lowest BCUT2D eigenvalue weighted by Crippen LogP contribution is -2.19. The van der Waals surface area contributed by atoms with Gasteiger partial charge >= 0.3 is 0 Å². The molecule has 0 aromatic carbocycles. The van der Waals surface area contributed by atoms with Crippen molar-refractivity contribution in [3.63, 3.8) is 0 Å². The summed E-state index contributed by atoms with van der Waals surface area (Å²) in [5.74, 6) is -0.549. The number of hydrogen-bond acceptors (Lipinski definition) is 3. The third kappa shape index (κ3) is 1.53. The number of carbonyl (C=O) groups is 1. The third-order valence-corrected chi connectivity index (χ3v) is 1.28. The fourth-order valence-corrected chi connectivity index (χ4v) is 0.670. The maximum absolute atomic E-state index is 10.5. The van der Waals surface area contributed by atoms with Crippen LogP contribution in [-0.2, 0) is 0 Å². The van der Waals surface area contributed by atoms with Gasteiger partial charge in [0.1, 0.15) is 0 Å². The Bertz CT molecular complexity index is 277. The van der Waals surface area contributed by atoms with Gasteiger partial charge in [-0.1, -0.05) is 0 Å². The minimum atomic E-state index is -0.549. The van der Waals surface area contributed by atoms with Crippen LogP contribution in [0.15, 0.2) is 12.4 Å². The highest BCUT2D eigenvalue weighted by Gasteiger charge is 2.03. The summed E-state index contributed by atoms with van der Waals surface area (Å²) in [5.41, 5.74) is 10.4. The van der Waals surface area contributed by atoms with Gasteiger partial charge in [-0.2, -0.15) is 5.10 Å². The highest BCUT2D eigenvalue weighted by molar-refractivity contribution is 7.80. The van der Waals surface area contributed by atoms with Gasteiger partial charge in [-0.3, -0.25) is 4.79 Å². The number of aromatic nitrogens is 2. The summed E-state index contributed by atoms with van der Waals surface area (Å²) in [6.45, 7) is 0. The van der Waals surface area contributed by atoms with E-state index < -0.39 is 5.91 Å². The summed E-state index contributed by atoms with van der Waals surface area (Å²) in [6, 6.07) is 0. The van der Waals surface area contributed by atoms with E-state index in [1.165, 1.54) is 17.1 Å². The predicted octanol–water partition coefficient (Wildman–Crippen LogP) is -0.926. The molecule has 1 heterocycles. The fraction of sp³-hybridized carbons (Fsp3) is 0. The number of rotatable bonds is 1. The molecule has 4 N–H and O–H groups in total. The van der Waals surface area contributed by atoms with Gasteiger partial charge in [0.2, 0.25) is 0 Å². The van der Waals surface area contributed by atoms with Crippen molar-refractivity contribution in [3.8, 4) is 0 Å². The summed E-state index contributed by atoms with van der Waals surface area (Å²) in [7, 11) is 0. The molecule has 0 bridgehead atoms. The quantitative estimate of drug-likeness (QED) is 0.533. The molecule has 0 aliphatic carbocycles. The fourth-order valence-electron chi connectivity index (χ4n) is 0.571. The van der Waals surface area contributed by atoms with Gasteiger partial charge in [0.25, 0.3) is 5.91 Å². The molecule has 6 heteroatoms. The Morgan fingerprint density at radius 1 is 1.64 bits per heavy atom. The summed E-state index contributed by atoms with van der Waals surface area (Å²) in [6.07, 6.45) is 2.69. The Morgan fingerprint density at radius 2 is 2.27 bits per heavy atom. The Kier molecular flexibility index (Phi) is 1.86. The highest BCUT2D eigenvalue weighted by Crippen LogP contribution is 1.94. The molecule has 0 fully saturated rings. The molecular formula is C5H6N4OS. The number of thiocarbonyl (C=S) groups is 1. The minimum Gasteiger partial charge on any atom is -0.374 e. The number of primary amides is 1. The largest absolute Gasteiger partial charge is 0.374 e. The van der Waals surface area contributed by atoms with Crippen molar-refractivity contribution >= 4 is 23.2 Å². The number of nitrogens with two attached hydrogens (primary N) is 2. The van der Waals surface area contributed by atoms with Crippen LogP contribution in [0, 0.1) is 0 Å². The lowest BCUT2D eigenvalue weighted by Gasteiger charge is -1.92. The molecule has 1 aromatic heterocycles. The minimum absolute atomic E-state index is 0.0810. The van der Waals surface area contributed by atoms with E-state index in [0.29, 0.717) is 0 Å². The van der Waals surface area contributed by atoms with E-state index in [1.807, 2.05) is 0 Å². The third-order valence-electron chi connectivity index (χ3n) is 1.09. The van der Waals surface area contributed by atoms with Crippen LogP contribution in [0.4, 0.5) is 0 Å². The lowest BCUT2D eigenvalue weighted by molar-refractivity contribution is 0.100. The zero-order chi connectivity index (χ0) is 8.43. The molecule has 0 aliphatic rings. The van der Waals surface area contributed by atoms with Crippen LogP contribution in [0.1, 0.15) is 10.4 Å².